The SMILES string of the molecule is CC(NCC(F)(F)C(F)F)c1ccc(Br)cc1Br. The number of hydrogen-bond acceptors (Lipinski definition) is 1. The molecule has 18 heavy (non-hydrogen) atoms. The molecule has 1 N–H and O–H groups in total. The average molecular weight is 393 g/mol. The first-order valence-corrected chi connectivity index (χ1v) is 6.67. The highest BCUT2D eigenvalue weighted by Gasteiger charge is 2.40. The van der Waals surface area contributed by atoms with Crippen LogP contribution in [0.3, 0.4) is 0 Å². The van der Waals surface area contributed by atoms with Gasteiger partial charge in [0.15, 0.2) is 0 Å². The average Bonchev–Trinajstić information content (AvgIpc) is 2.25. The van der Waals surface area contributed by atoms with Crippen LogP contribution in [0.15, 0.2) is 27.1 Å². The minimum Gasteiger partial charge on any atom is -0.304 e. The van der Waals surface area contributed by atoms with Crippen molar-refractivity contribution in [3.05, 3.63) is 32.7 Å². The fourth-order valence-corrected chi connectivity index (χ4v) is 2.72. The summed E-state index contributed by atoms with van der Waals surface area (Å²) in [6, 6.07) is 4.78. The summed E-state index contributed by atoms with van der Waals surface area (Å²) in [6.07, 6.45) is -3.66. The quantitative estimate of drug-likeness (QED) is 0.712. The van der Waals surface area contributed by atoms with E-state index in [4.69, 9.17) is 0 Å². The summed E-state index contributed by atoms with van der Waals surface area (Å²) >= 11 is 6.56. The molecule has 1 aromatic rings. The molecule has 0 fully saturated rings. The van der Waals surface area contributed by atoms with Gasteiger partial charge >= 0.3 is 12.3 Å². The Balaban J connectivity index is 2.69. The van der Waals surface area contributed by atoms with Gasteiger partial charge in [-0.3, -0.25) is 0 Å². The Kier molecular flexibility index (Phi) is 5.61. The maximum atomic E-state index is 12.8. The van der Waals surface area contributed by atoms with E-state index in [2.05, 4.69) is 37.2 Å². The molecule has 7 heteroatoms. The highest BCUT2D eigenvalue weighted by molar-refractivity contribution is 9.11. The van der Waals surface area contributed by atoms with Crippen molar-refractivity contribution in [2.45, 2.75) is 25.3 Å². The fraction of sp³-hybridized carbons (Fsp3) is 0.455. The van der Waals surface area contributed by atoms with Crippen molar-refractivity contribution in [2.24, 2.45) is 0 Å². The molecular weight excluding hydrogens is 382 g/mol. The lowest BCUT2D eigenvalue weighted by Gasteiger charge is -2.21. The van der Waals surface area contributed by atoms with E-state index >= 15 is 0 Å². The van der Waals surface area contributed by atoms with Gasteiger partial charge in [-0.1, -0.05) is 37.9 Å². The summed E-state index contributed by atoms with van der Waals surface area (Å²) in [4.78, 5) is 0. The van der Waals surface area contributed by atoms with Gasteiger partial charge in [0, 0.05) is 15.0 Å². The zero-order valence-electron chi connectivity index (χ0n) is 9.36. The zero-order valence-corrected chi connectivity index (χ0v) is 12.5. The molecule has 0 heterocycles. The minimum atomic E-state index is -4.02. The van der Waals surface area contributed by atoms with E-state index in [1.165, 1.54) is 0 Å². The van der Waals surface area contributed by atoms with Gasteiger partial charge in [0.25, 0.3) is 0 Å². The second-order valence-corrected chi connectivity index (χ2v) is 5.60. The van der Waals surface area contributed by atoms with Crippen LogP contribution in [0.25, 0.3) is 0 Å². The van der Waals surface area contributed by atoms with Crippen molar-refractivity contribution < 1.29 is 17.6 Å². The third-order valence-electron chi connectivity index (χ3n) is 2.39. The third-order valence-corrected chi connectivity index (χ3v) is 3.57. The Morgan fingerprint density at radius 1 is 1.28 bits per heavy atom. The van der Waals surface area contributed by atoms with E-state index in [9.17, 15) is 17.6 Å². The highest BCUT2D eigenvalue weighted by Crippen LogP contribution is 2.28. The first-order chi connectivity index (χ1) is 8.24. The van der Waals surface area contributed by atoms with E-state index in [1.54, 1.807) is 25.1 Å². The van der Waals surface area contributed by atoms with Crippen LogP contribution in [-0.4, -0.2) is 18.9 Å². The van der Waals surface area contributed by atoms with Crippen molar-refractivity contribution >= 4 is 31.9 Å². The zero-order chi connectivity index (χ0) is 13.9. The van der Waals surface area contributed by atoms with Crippen molar-refractivity contribution in [3.8, 4) is 0 Å². The van der Waals surface area contributed by atoms with Crippen LogP contribution in [0, 0.1) is 0 Å². The summed E-state index contributed by atoms with van der Waals surface area (Å²) in [5, 5.41) is 2.41. The topological polar surface area (TPSA) is 12.0 Å². The number of halogens is 6. The monoisotopic (exact) mass is 391 g/mol. The van der Waals surface area contributed by atoms with E-state index in [1.807, 2.05) is 0 Å². The predicted molar refractivity (Wildman–Crippen MR) is 69.2 cm³/mol. The Morgan fingerprint density at radius 2 is 1.89 bits per heavy atom. The Bertz CT molecular complexity index is 412. The van der Waals surface area contributed by atoms with Crippen LogP contribution in [0.4, 0.5) is 17.6 Å². The van der Waals surface area contributed by atoms with Crippen LogP contribution in [0.5, 0.6) is 0 Å². The van der Waals surface area contributed by atoms with Crippen molar-refractivity contribution in [2.75, 3.05) is 6.54 Å². The van der Waals surface area contributed by atoms with Crippen LogP contribution in [0.1, 0.15) is 18.5 Å². The van der Waals surface area contributed by atoms with E-state index in [0.717, 1.165) is 14.5 Å². The van der Waals surface area contributed by atoms with Crippen LogP contribution in [0.2, 0.25) is 0 Å². The number of hydrogen-bond donors (Lipinski definition) is 1. The highest BCUT2D eigenvalue weighted by atomic mass is 79.9. The molecule has 0 aliphatic carbocycles. The first-order valence-electron chi connectivity index (χ1n) is 5.08. The molecule has 1 nitrogen and oxygen atoms in total. The second-order valence-electron chi connectivity index (χ2n) is 3.83. The fourth-order valence-electron chi connectivity index (χ4n) is 1.33. The van der Waals surface area contributed by atoms with Gasteiger partial charge in [-0.05, 0) is 24.6 Å². The number of alkyl halides is 4. The molecular formula is C11H11Br2F4N. The van der Waals surface area contributed by atoms with Gasteiger partial charge < -0.3 is 5.32 Å². The molecule has 0 bridgehead atoms. The smallest absolute Gasteiger partial charge is 0.304 e. The molecule has 0 amide bonds. The Labute approximate surface area is 119 Å². The molecule has 0 radical (unpaired) electrons. The number of rotatable bonds is 5. The van der Waals surface area contributed by atoms with Gasteiger partial charge in [-0.15, -0.1) is 0 Å². The molecule has 1 atom stereocenters. The summed E-state index contributed by atoms with van der Waals surface area (Å²) in [5.41, 5.74) is 0.725. The maximum Gasteiger partial charge on any atom is 0.319 e. The van der Waals surface area contributed by atoms with Gasteiger partial charge in [0.1, 0.15) is 0 Å². The Morgan fingerprint density at radius 3 is 2.39 bits per heavy atom. The van der Waals surface area contributed by atoms with Crippen LogP contribution < -0.4 is 5.32 Å². The molecule has 0 saturated carbocycles. The third kappa shape index (κ3) is 4.20. The maximum absolute atomic E-state index is 12.8. The minimum absolute atomic E-state index is 0.461. The van der Waals surface area contributed by atoms with E-state index in [0.29, 0.717) is 0 Å². The molecule has 0 aliphatic rings. The lowest BCUT2D eigenvalue weighted by molar-refractivity contribution is -0.126. The molecule has 0 saturated heterocycles. The van der Waals surface area contributed by atoms with Gasteiger partial charge in [-0.2, -0.15) is 8.78 Å². The number of benzene rings is 1. The molecule has 102 valence electrons. The van der Waals surface area contributed by atoms with Gasteiger partial charge in [0.2, 0.25) is 0 Å². The lowest BCUT2D eigenvalue weighted by atomic mass is 10.1. The molecule has 1 unspecified atom stereocenters. The standard InChI is InChI=1S/C11H11Br2F4N/c1-6(18-5-11(16,17)10(14)15)8-3-2-7(12)4-9(8)13/h2-4,6,10,18H,5H2,1H3. The van der Waals surface area contributed by atoms with Gasteiger partial charge in [0.05, 0.1) is 6.54 Å². The summed E-state index contributed by atoms with van der Waals surface area (Å²) in [7, 11) is 0. The summed E-state index contributed by atoms with van der Waals surface area (Å²) < 4.78 is 51.1. The number of nitrogens with one attached hydrogen (secondary N) is 1. The van der Waals surface area contributed by atoms with Gasteiger partial charge in [-0.25, -0.2) is 8.78 Å². The van der Waals surface area contributed by atoms with Crippen molar-refractivity contribution in [3.63, 3.8) is 0 Å². The predicted octanol–water partition coefficient (Wildman–Crippen LogP) is 4.76. The second kappa shape index (κ2) is 6.34. The molecule has 1 rings (SSSR count). The van der Waals surface area contributed by atoms with E-state index < -0.39 is 24.9 Å². The normalized spacial score (nSPS) is 14.0. The molecule has 0 aromatic heterocycles. The van der Waals surface area contributed by atoms with Crippen molar-refractivity contribution in [1.29, 1.82) is 0 Å². The lowest BCUT2D eigenvalue weighted by Crippen LogP contribution is -2.39. The largest absolute Gasteiger partial charge is 0.319 e. The van der Waals surface area contributed by atoms with Crippen molar-refractivity contribution in [1.82, 2.24) is 5.32 Å². The van der Waals surface area contributed by atoms with Crippen LogP contribution >= 0.6 is 31.9 Å². The van der Waals surface area contributed by atoms with E-state index in [-0.39, 0.29) is 0 Å². The van der Waals surface area contributed by atoms with Crippen LogP contribution in [-0.2, 0) is 0 Å². The summed E-state index contributed by atoms with van der Waals surface area (Å²) in [5.74, 6) is -4.02. The molecule has 0 aliphatic heterocycles. The first kappa shape index (κ1) is 15.9. The summed E-state index contributed by atoms with van der Waals surface area (Å²) in [6.45, 7) is 0.573. The molecule has 0 spiro atoms. The molecule has 1 aromatic carbocycles. The Hall–Kier alpha value is -0.140.